The lowest BCUT2D eigenvalue weighted by molar-refractivity contribution is -0.114. The standard InChI is InChI=1S/C21H20N2O3/c1-23(19-12-9-15-5-3-4-6-17(15)13-19)14-20(24)22-18-10-7-16(8-11-18)21(25)26-2/h3-13H,14H2,1-2H3,(H,22,24). The van der Waals surface area contributed by atoms with Gasteiger partial charge in [0.05, 0.1) is 19.2 Å². The Labute approximate surface area is 152 Å². The summed E-state index contributed by atoms with van der Waals surface area (Å²) in [6.45, 7) is 0.219. The Balaban J connectivity index is 1.64. The Morgan fingerprint density at radius 2 is 1.65 bits per heavy atom. The SMILES string of the molecule is COC(=O)c1ccc(NC(=O)CN(C)c2ccc3ccccc3c2)cc1. The van der Waals surface area contributed by atoms with Crippen LogP contribution in [0.15, 0.2) is 66.7 Å². The average Bonchev–Trinajstić information content (AvgIpc) is 2.67. The van der Waals surface area contributed by atoms with Crippen LogP contribution < -0.4 is 10.2 Å². The average molecular weight is 348 g/mol. The number of amides is 1. The van der Waals surface area contributed by atoms with Gasteiger partial charge < -0.3 is 15.0 Å². The van der Waals surface area contributed by atoms with Gasteiger partial charge in [-0.1, -0.05) is 30.3 Å². The Bertz CT molecular complexity index is 935. The highest BCUT2D eigenvalue weighted by Crippen LogP contribution is 2.21. The van der Waals surface area contributed by atoms with Gasteiger partial charge in [0.25, 0.3) is 0 Å². The number of hydrogen-bond acceptors (Lipinski definition) is 4. The third-order valence-corrected chi connectivity index (χ3v) is 4.14. The predicted octanol–water partition coefficient (Wildman–Crippen LogP) is 3.70. The van der Waals surface area contributed by atoms with E-state index in [9.17, 15) is 9.59 Å². The van der Waals surface area contributed by atoms with E-state index in [2.05, 4.69) is 28.3 Å². The van der Waals surface area contributed by atoms with Gasteiger partial charge in [-0.25, -0.2) is 4.79 Å². The summed E-state index contributed by atoms with van der Waals surface area (Å²) in [5.41, 5.74) is 2.05. The first kappa shape index (κ1) is 17.5. The summed E-state index contributed by atoms with van der Waals surface area (Å²) in [7, 11) is 3.21. The van der Waals surface area contributed by atoms with Crippen LogP contribution in [0.1, 0.15) is 10.4 Å². The predicted molar refractivity (Wildman–Crippen MR) is 104 cm³/mol. The number of nitrogens with one attached hydrogen (secondary N) is 1. The molecule has 0 fully saturated rings. The second-order valence-electron chi connectivity index (χ2n) is 6.00. The van der Waals surface area contributed by atoms with Crippen molar-refractivity contribution < 1.29 is 14.3 Å². The Hall–Kier alpha value is -3.34. The third-order valence-electron chi connectivity index (χ3n) is 4.14. The van der Waals surface area contributed by atoms with Gasteiger partial charge in [0, 0.05) is 18.4 Å². The Morgan fingerprint density at radius 1 is 0.962 bits per heavy atom. The summed E-state index contributed by atoms with van der Waals surface area (Å²) in [5.74, 6) is -0.537. The van der Waals surface area contributed by atoms with Crippen LogP contribution in [0.25, 0.3) is 10.8 Å². The fraction of sp³-hybridized carbons (Fsp3) is 0.143. The lowest BCUT2D eigenvalue weighted by Crippen LogP contribution is -2.30. The molecule has 1 amide bonds. The number of carbonyl (C=O) groups is 2. The molecule has 0 heterocycles. The first-order chi connectivity index (χ1) is 12.6. The number of methoxy groups -OCH3 is 1. The minimum atomic E-state index is -0.404. The van der Waals surface area contributed by atoms with Gasteiger partial charge in [-0.05, 0) is 47.2 Å². The summed E-state index contributed by atoms with van der Waals surface area (Å²) < 4.78 is 4.66. The van der Waals surface area contributed by atoms with Gasteiger partial charge in [0.15, 0.2) is 0 Å². The number of esters is 1. The maximum atomic E-state index is 12.3. The van der Waals surface area contributed by atoms with Crippen LogP contribution in [0.2, 0.25) is 0 Å². The molecule has 0 radical (unpaired) electrons. The van der Waals surface area contributed by atoms with Crippen molar-refractivity contribution in [2.24, 2.45) is 0 Å². The second kappa shape index (κ2) is 7.70. The number of nitrogens with zero attached hydrogens (tertiary/aromatic N) is 1. The van der Waals surface area contributed by atoms with E-state index in [4.69, 9.17) is 0 Å². The Morgan fingerprint density at radius 3 is 2.35 bits per heavy atom. The number of hydrogen-bond donors (Lipinski definition) is 1. The van der Waals surface area contributed by atoms with Gasteiger partial charge >= 0.3 is 5.97 Å². The molecule has 3 aromatic rings. The third kappa shape index (κ3) is 4.00. The van der Waals surface area contributed by atoms with Crippen LogP contribution in [0.5, 0.6) is 0 Å². The van der Waals surface area contributed by atoms with Crippen molar-refractivity contribution in [3.63, 3.8) is 0 Å². The monoisotopic (exact) mass is 348 g/mol. The van der Waals surface area contributed by atoms with E-state index in [1.807, 2.05) is 36.2 Å². The molecule has 132 valence electrons. The molecule has 0 aliphatic heterocycles. The summed E-state index contributed by atoms with van der Waals surface area (Å²) in [5, 5.41) is 5.13. The summed E-state index contributed by atoms with van der Waals surface area (Å²) in [6, 6.07) is 20.8. The zero-order valence-electron chi connectivity index (χ0n) is 14.7. The molecule has 0 saturated carbocycles. The molecular weight excluding hydrogens is 328 g/mol. The van der Waals surface area contributed by atoms with E-state index >= 15 is 0 Å². The number of likely N-dealkylation sites (N-methyl/N-ethyl adjacent to an activating group) is 1. The normalized spacial score (nSPS) is 10.4. The van der Waals surface area contributed by atoms with Gasteiger partial charge in [0.2, 0.25) is 5.91 Å². The van der Waals surface area contributed by atoms with E-state index < -0.39 is 5.97 Å². The number of ether oxygens (including phenoxy) is 1. The molecule has 0 saturated heterocycles. The Kier molecular flexibility index (Phi) is 5.17. The number of rotatable bonds is 5. The van der Waals surface area contributed by atoms with E-state index in [-0.39, 0.29) is 12.5 Å². The molecule has 3 aromatic carbocycles. The molecule has 5 heteroatoms. The van der Waals surface area contributed by atoms with Crippen molar-refractivity contribution in [1.29, 1.82) is 0 Å². The first-order valence-electron chi connectivity index (χ1n) is 8.25. The fourth-order valence-corrected chi connectivity index (χ4v) is 2.73. The highest BCUT2D eigenvalue weighted by atomic mass is 16.5. The molecule has 0 bridgehead atoms. The van der Waals surface area contributed by atoms with Crippen LogP contribution in [-0.4, -0.2) is 32.6 Å². The quantitative estimate of drug-likeness (QED) is 0.714. The molecule has 5 nitrogen and oxygen atoms in total. The molecule has 0 spiro atoms. The van der Waals surface area contributed by atoms with Crippen molar-refractivity contribution in [3.05, 3.63) is 72.3 Å². The minimum Gasteiger partial charge on any atom is -0.465 e. The topological polar surface area (TPSA) is 58.6 Å². The van der Waals surface area contributed by atoms with E-state index in [0.717, 1.165) is 11.1 Å². The van der Waals surface area contributed by atoms with Crippen LogP contribution in [0.3, 0.4) is 0 Å². The van der Waals surface area contributed by atoms with Crippen LogP contribution in [-0.2, 0) is 9.53 Å². The lowest BCUT2D eigenvalue weighted by atomic mass is 10.1. The maximum Gasteiger partial charge on any atom is 0.337 e. The van der Waals surface area contributed by atoms with Crippen LogP contribution >= 0.6 is 0 Å². The zero-order valence-corrected chi connectivity index (χ0v) is 14.7. The molecule has 3 rings (SSSR count). The second-order valence-corrected chi connectivity index (χ2v) is 6.00. The minimum absolute atomic E-state index is 0.133. The summed E-state index contributed by atoms with van der Waals surface area (Å²) >= 11 is 0. The van der Waals surface area contributed by atoms with E-state index in [1.54, 1.807) is 24.3 Å². The highest BCUT2D eigenvalue weighted by Gasteiger charge is 2.10. The smallest absolute Gasteiger partial charge is 0.337 e. The summed E-state index contributed by atoms with van der Waals surface area (Å²) in [4.78, 5) is 25.6. The fourth-order valence-electron chi connectivity index (χ4n) is 2.73. The largest absolute Gasteiger partial charge is 0.465 e. The number of carbonyl (C=O) groups excluding carboxylic acids is 2. The molecule has 0 aliphatic carbocycles. The number of fused-ring (bicyclic) bond motifs is 1. The van der Waals surface area contributed by atoms with Gasteiger partial charge in [0.1, 0.15) is 0 Å². The van der Waals surface area contributed by atoms with Crippen molar-refractivity contribution >= 4 is 34.0 Å². The van der Waals surface area contributed by atoms with Crippen molar-refractivity contribution in [2.75, 3.05) is 30.9 Å². The molecule has 26 heavy (non-hydrogen) atoms. The first-order valence-corrected chi connectivity index (χ1v) is 8.25. The maximum absolute atomic E-state index is 12.3. The summed E-state index contributed by atoms with van der Waals surface area (Å²) in [6.07, 6.45) is 0. The van der Waals surface area contributed by atoms with E-state index in [0.29, 0.717) is 11.3 Å². The van der Waals surface area contributed by atoms with Gasteiger partial charge in [-0.2, -0.15) is 0 Å². The number of benzene rings is 3. The highest BCUT2D eigenvalue weighted by molar-refractivity contribution is 5.95. The molecule has 0 unspecified atom stereocenters. The van der Waals surface area contributed by atoms with E-state index in [1.165, 1.54) is 12.5 Å². The van der Waals surface area contributed by atoms with Gasteiger partial charge in [-0.3, -0.25) is 4.79 Å². The molecule has 0 aliphatic rings. The van der Waals surface area contributed by atoms with Gasteiger partial charge in [-0.15, -0.1) is 0 Å². The van der Waals surface area contributed by atoms with Crippen molar-refractivity contribution in [2.45, 2.75) is 0 Å². The zero-order chi connectivity index (χ0) is 18.5. The molecule has 0 aromatic heterocycles. The molecule has 1 N–H and O–H groups in total. The molecule has 0 atom stereocenters. The molecular formula is C21H20N2O3. The van der Waals surface area contributed by atoms with Crippen molar-refractivity contribution in [1.82, 2.24) is 0 Å². The van der Waals surface area contributed by atoms with Crippen LogP contribution in [0.4, 0.5) is 11.4 Å². The lowest BCUT2D eigenvalue weighted by Gasteiger charge is -2.19. The number of anilines is 2. The van der Waals surface area contributed by atoms with Crippen molar-refractivity contribution in [3.8, 4) is 0 Å². The van der Waals surface area contributed by atoms with Crippen LogP contribution in [0, 0.1) is 0 Å².